The van der Waals surface area contributed by atoms with Crippen molar-refractivity contribution in [1.29, 1.82) is 0 Å². The van der Waals surface area contributed by atoms with Crippen LogP contribution in [0.2, 0.25) is 0 Å². The lowest BCUT2D eigenvalue weighted by atomic mass is 9.65. The molecule has 1 heterocycles. The number of allylic oxidation sites excluding steroid dienone is 1. The molecule has 0 unspecified atom stereocenters. The van der Waals surface area contributed by atoms with Gasteiger partial charge in [-0.3, -0.25) is 9.59 Å². The predicted molar refractivity (Wildman–Crippen MR) is 107 cm³/mol. The van der Waals surface area contributed by atoms with Gasteiger partial charge in [0, 0.05) is 32.5 Å². The highest BCUT2D eigenvalue weighted by Gasteiger charge is 2.75. The Bertz CT molecular complexity index is 880. The van der Waals surface area contributed by atoms with Gasteiger partial charge in [-0.05, 0) is 36.5 Å². The van der Waals surface area contributed by atoms with Gasteiger partial charge in [0.25, 0.3) is 0 Å². The Labute approximate surface area is 176 Å². The van der Waals surface area contributed by atoms with Gasteiger partial charge in [-0.25, -0.2) is 0 Å². The average molecular weight is 416 g/mol. The zero-order valence-electron chi connectivity index (χ0n) is 17.8. The summed E-state index contributed by atoms with van der Waals surface area (Å²) < 4.78 is 28.5. The number of ketones is 1. The van der Waals surface area contributed by atoms with E-state index in [1.54, 1.807) is 0 Å². The summed E-state index contributed by atoms with van der Waals surface area (Å²) in [5.41, 5.74) is -1.05. The number of carbonyl (C=O) groups excluding carboxylic acids is 2. The maximum Gasteiger partial charge on any atom is 0.303 e. The van der Waals surface area contributed by atoms with E-state index in [2.05, 4.69) is 13.5 Å². The highest BCUT2D eigenvalue weighted by atomic mass is 16.7. The lowest BCUT2D eigenvalue weighted by molar-refractivity contribution is -0.201. The van der Waals surface area contributed by atoms with E-state index >= 15 is 0 Å². The average Bonchev–Trinajstić information content (AvgIpc) is 3.24. The van der Waals surface area contributed by atoms with Crippen LogP contribution in [0.1, 0.15) is 38.2 Å². The first kappa shape index (κ1) is 20.9. The number of methoxy groups -OCH3 is 2. The third-order valence-electron chi connectivity index (χ3n) is 7.21. The van der Waals surface area contributed by atoms with Gasteiger partial charge >= 0.3 is 5.97 Å². The molecule has 0 spiro atoms. The Morgan fingerprint density at radius 1 is 1.30 bits per heavy atom. The van der Waals surface area contributed by atoms with Gasteiger partial charge < -0.3 is 23.7 Å². The molecule has 1 aromatic carbocycles. The van der Waals surface area contributed by atoms with Crippen molar-refractivity contribution in [3.05, 3.63) is 36.4 Å². The molecule has 6 atom stereocenters. The summed E-state index contributed by atoms with van der Waals surface area (Å²) in [4.78, 5) is 25.9. The molecular weight excluding hydrogens is 388 g/mol. The number of ether oxygens (including phenoxy) is 5. The van der Waals surface area contributed by atoms with Crippen molar-refractivity contribution in [2.75, 3.05) is 21.0 Å². The van der Waals surface area contributed by atoms with Crippen molar-refractivity contribution >= 4 is 11.8 Å². The monoisotopic (exact) mass is 416 g/mol. The first-order valence-corrected chi connectivity index (χ1v) is 10.2. The molecule has 0 amide bonds. The molecule has 2 aliphatic carbocycles. The van der Waals surface area contributed by atoms with E-state index in [9.17, 15) is 9.59 Å². The number of carbonyl (C=O) groups is 2. The van der Waals surface area contributed by atoms with Crippen molar-refractivity contribution < 1.29 is 33.3 Å². The van der Waals surface area contributed by atoms with Crippen LogP contribution in [0, 0.1) is 11.3 Å². The summed E-state index contributed by atoms with van der Waals surface area (Å²) in [6.45, 7) is 7.54. The van der Waals surface area contributed by atoms with Crippen molar-refractivity contribution in [3.8, 4) is 11.5 Å². The molecule has 7 heteroatoms. The molecule has 0 radical (unpaired) electrons. The molecule has 3 aliphatic rings. The summed E-state index contributed by atoms with van der Waals surface area (Å²) >= 11 is 0. The van der Waals surface area contributed by atoms with Crippen molar-refractivity contribution in [3.63, 3.8) is 0 Å². The van der Waals surface area contributed by atoms with E-state index in [-0.39, 0.29) is 24.4 Å². The second-order valence-electron chi connectivity index (χ2n) is 8.38. The van der Waals surface area contributed by atoms with Crippen LogP contribution in [0.25, 0.3) is 0 Å². The lowest BCUT2D eigenvalue weighted by Crippen LogP contribution is -2.64. The molecule has 1 aromatic rings. The fraction of sp³-hybridized carbons (Fsp3) is 0.565. The highest BCUT2D eigenvalue weighted by molar-refractivity contribution is 5.96. The van der Waals surface area contributed by atoms with Crippen LogP contribution in [0.3, 0.4) is 0 Å². The molecule has 0 aromatic heterocycles. The zero-order chi connectivity index (χ0) is 21.7. The van der Waals surface area contributed by atoms with Crippen LogP contribution in [0.4, 0.5) is 0 Å². The van der Waals surface area contributed by atoms with Crippen LogP contribution < -0.4 is 9.47 Å². The minimum absolute atomic E-state index is 0.0655. The largest absolute Gasteiger partial charge is 0.458 e. The molecule has 162 valence electrons. The first-order chi connectivity index (χ1) is 14.4. The van der Waals surface area contributed by atoms with E-state index in [1.807, 2.05) is 24.3 Å². The number of hydrogen-bond donors (Lipinski definition) is 0. The number of fused-ring (bicyclic) bond motifs is 3. The van der Waals surface area contributed by atoms with Crippen LogP contribution >= 0.6 is 0 Å². The van der Waals surface area contributed by atoms with Crippen LogP contribution in [0.5, 0.6) is 11.5 Å². The van der Waals surface area contributed by atoms with E-state index < -0.39 is 29.2 Å². The maximum absolute atomic E-state index is 13.7. The summed E-state index contributed by atoms with van der Waals surface area (Å²) in [6, 6.07) is 5.67. The number of hydrogen-bond acceptors (Lipinski definition) is 7. The number of benzene rings is 1. The summed E-state index contributed by atoms with van der Waals surface area (Å²) in [6.07, 6.45) is 1.40. The normalized spacial score (nSPS) is 36.6. The van der Waals surface area contributed by atoms with Gasteiger partial charge in [0.2, 0.25) is 6.79 Å². The Kier molecular flexibility index (Phi) is 5.14. The molecule has 0 N–H and O–H groups in total. The third-order valence-corrected chi connectivity index (χ3v) is 7.21. The fourth-order valence-corrected chi connectivity index (χ4v) is 5.98. The maximum atomic E-state index is 13.7. The van der Waals surface area contributed by atoms with Gasteiger partial charge in [0.15, 0.2) is 22.9 Å². The lowest BCUT2D eigenvalue weighted by Gasteiger charge is -2.48. The van der Waals surface area contributed by atoms with E-state index in [0.29, 0.717) is 24.3 Å². The predicted octanol–water partition coefficient (Wildman–Crippen LogP) is 3.02. The topological polar surface area (TPSA) is 80.3 Å². The van der Waals surface area contributed by atoms with Crippen molar-refractivity contribution in [1.82, 2.24) is 0 Å². The Morgan fingerprint density at radius 2 is 2.03 bits per heavy atom. The highest BCUT2D eigenvalue weighted by Crippen LogP contribution is 2.66. The Morgan fingerprint density at radius 3 is 2.67 bits per heavy atom. The fourth-order valence-electron chi connectivity index (χ4n) is 5.98. The first-order valence-electron chi connectivity index (χ1n) is 10.2. The molecule has 0 saturated heterocycles. The molecule has 2 fully saturated rings. The molecule has 2 saturated carbocycles. The standard InChI is InChI=1S/C23H28O7/c1-6-9-22-11-18(26-4)20(25)23(27-5,21(22)30-14(3)24)19(13(22)2)15-7-8-16-17(10-15)29-12-28-16/h6-8,10,13,18-19,21H,1,9,11-12H2,2-5H3/t13-,18+,19+,21+,22-,23+/m1/s1. The molecule has 30 heavy (non-hydrogen) atoms. The van der Waals surface area contributed by atoms with Gasteiger partial charge in [0.05, 0.1) is 0 Å². The smallest absolute Gasteiger partial charge is 0.303 e. The number of esters is 1. The minimum atomic E-state index is -1.37. The summed E-state index contributed by atoms with van der Waals surface area (Å²) in [5.74, 6) is 0.211. The van der Waals surface area contributed by atoms with Gasteiger partial charge in [0.1, 0.15) is 12.2 Å². The summed E-state index contributed by atoms with van der Waals surface area (Å²) in [7, 11) is 3.03. The second-order valence-corrected chi connectivity index (χ2v) is 8.38. The number of rotatable bonds is 6. The molecule has 1 aliphatic heterocycles. The SMILES string of the molecule is C=CC[C@@]12C[C@H](OC)C(=O)[C@@](OC)([C@H](c3ccc4c(c3)OCO4)[C@H]1C)[C@H]2OC(C)=O. The van der Waals surface area contributed by atoms with Crippen LogP contribution in [-0.2, 0) is 23.8 Å². The Hall–Kier alpha value is -2.38. The molecule has 7 nitrogen and oxygen atoms in total. The Balaban J connectivity index is 1.94. The van der Waals surface area contributed by atoms with E-state index in [0.717, 1.165) is 5.56 Å². The van der Waals surface area contributed by atoms with Gasteiger partial charge in [-0.1, -0.05) is 19.1 Å². The van der Waals surface area contributed by atoms with Crippen molar-refractivity contribution in [2.24, 2.45) is 11.3 Å². The van der Waals surface area contributed by atoms with Gasteiger partial charge in [-0.2, -0.15) is 0 Å². The van der Waals surface area contributed by atoms with Crippen LogP contribution in [-0.4, -0.2) is 50.6 Å². The third kappa shape index (κ3) is 2.65. The van der Waals surface area contributed by atoms with E-state index in [4.69, 9.17) is 23.7 Å². The van der Waals surface area contributed by atoms with Crippen LogP contribution in [0.15, 0.2) is 30.9 Å². The zero-order valence-corrected chi connectivity index (χ0v) is 17.8. The quantitative estimate of drug-likeness (QED) is 0.521. The second kappa shape index (κ2) is 7.39. The molecule has 4 rings (SSSR count). The molecular formula is C23H28O7. The van der Waals surface area contributed by atoms with E-state index in [1.165, 1.54) is 21.1 Å². The van der Waals surface area contributed by atoms with Crippen molar-refractivity contribution in [2.45, 2.75) is 50.4 Å². The summed E-state index contributed by atoms with van der Waals surface area (Å²) in [5, 5.41) is 0. The number of Topliss-reactive ketones (excluding diaryl/α,β-unsaturated/α-hetero) is 1. The molecule has 2 bridgehead atoms. The minimum Gasteiger partial charge on any atom is -0.458 e. The van der Waals surface area contributed by atoms with Gasteiger partial charge in [-0.15, -0.1) is 6.58 Å².